The van der Waals surface area contributed by atoms with Crippen molar-refractivity contribution in [3.05, 3.63) is 53.4 Å². The number of carbonyl (C=O) groups is 1. The highest BCUT2D eigenvalue weighted by molar-refractivity contribution is 6.38. The molecule has 5 nitrogen and oxygen atoms in total. The van der Waals surface area contributed by atoms with Crippen LogP contribution in [0, 0.1) is 5.92 Å². The number of imidazole rings is 1. The van der Waals surface area contributed by atoms with E-state index in [4.69, 9.17) is 17.3 Å². The van der Waals surface area contributed by atoms with Crippen molar-refractivity contribution in [2.24, 2.45) is 5.92 Å². The highest BCUT2D eigenvalue weighted by atomic mass is 35.5. The number of rotatable bonds is 3. The maximum Gasteiger partial charge on any atom is 0.189 e. The van der Waals surface area contributed by atoms with E-state index in [0.29, 0.717) is 10.7 Å². The average Bonchev–Trinajstić information content (AvgIpc) is 3.04. The van der Waals surface area contributed by atoms with Gasteiger partial charge in [0.15, 0.2) is 11.6 Å². The fraction of sp³-hybridized carbons (Fsp3) is 0.158. The summed E-state index contributed by atoms with van der Waals surface area (Å²) in [5, 5.41) is 1.54. The molecule has 0 amide bonds. The Hall–Kier alpha value is -2.86. The SMILES string of the molecule is Nc1nc2ccc(-c3ccc4[nH]ccc4c3Cl)cn2c1C(=O)[C@@H]1C[C@@H]1F. The highest BCUT2D eigenvalue weighted by Gasteiger charge is 2.45. The maximum atomic E-state index is 13.4. The first-order chi connectivity index (χ1) is 12.5. The van der Waals surface area contributed by atoms with Gasteiger partial charge in [-0.3, -0.25) is 9.20 Å². The van der Waals surface area contributed by atoms with Crippen molar-refractivity contribution in [2.45, 2.75) is 12.6 Å². The summed E-state index contributed by atoms with van der Waals surface area (Å²) >= 11 is 6.57. The zero-order valence-corrected chi connectivity index (χ0v) is 14.3. The third-order valence-corrected chi connectivity index (χ3v) is 5.32. The molecule has 1 aromatic carbocycles. The molecule has 26 heavy (non-hydrogen) atoms. The summed E-state index contributed by atoms with van der Waals surface area (Å²) in [6, 6.07) is 9.44. The molecule has 1 saturated carbocycles. The minimum Gasteiger partial charge on any atom is -0.382 e. The lowest BCUT2D eigenvalue weighted by molar-refractivity contribution is 0.0952. The Morgan fingerprint density at radius 1 is 1.31 bits per heavy atom. The predicted molar refractivity (Wildman–Crippen MR) is 99.2 cm³/mol. The molecule has 1 aliphatic rings. The lowest BCUT2D eigenvalue weighted by atomic mass is 10.1. The van der Waals surface area contributed by atoms with Crippen molar-refractivity contribution in [2.75, 3.05) is 5.73 Å². The van der Waals surface area contributed by atoms with E-state index >= 15 is 0 Å². The topological polar surface area (TPSA) is 76.2 Å². The second-order valence-electron chi connectivity index (χ2n) is 6.58. The Balaban J connectivity index is 1.69. The van der Waals surface area contributed by atoms with Crippen LogP contribution in [0.1, 0.15) is 16.9 Å². The Morgan fingerprint density at radius 2 is 2.12 bits per heavy atom. The molecule has 1 aliphatic carbocycles. The standard InChI is InChI=1S/C19H14ClFN4O/c20-16-10(2-3-14-11(16)5-6-23-14)9-1-4-15-24-19(22)17(25(15)8-9)18(26)12-7-13(12)21/h1-6,8,12-13,23H,7,22H2/t12-,13+/m1/s1. The number of halogens is 2. The summed E-state index contributed by atoms with van der Waals surface area (Å²) in [4.78, 5) is 19.9. The van der Waals surface area contributed by atoms with Crippen LogP contribution in [0.4, 0.5) is 10.2 Å². The number of alkyl halides is 1. The van der Waals surface area contributed by atoms with Crippen molar-refractivity contribution in [1.82, 2.24) is 14.4 Å². The van der Waals surface area contributed by atoms with Crippen LogP contribution in [-0.2, 0) is 0 Å². The monoisotopic (exact) mass is 368 g/mol. The smallest absolute Gasteiger partial charge is 0.189 e. The first-order valence-electron chi connectivity index (χ1n) is 8.26. The summed E-state index contributed by atoms with van der Waals surface area (Å²) in [7, 11) is 0. The summed E-state index contributed by atoms with van der Waals surface area (Å²) in [5.41, 5.74) is 9.33. The Labute approximate surface area is 152 Å². The molecular weight excluding hydrogens is 355 g/mol. The molecule has 2 atom stereocenters. The van der Waals surface area contributed by atoms with Crippen molar-refractivity contribution in [3.8, 4) is 11.1 Å². The van der Waals surface area contributed by atoms with Gasteiger partial charge in [-0.05, 0) is 36.2 Å². The van der Waals surface area contributed by atoms with Crippen molar-refractivity contribution >= 4 is 39.8 Å². The van der Waals surface area contributed by atoms with E-state index in [2.05, 4.69) is 9.97 Å². The van der Waals surface area contributed by atoms with Crippen LogP contribution >= 0.6 is 11.6 Å². The van der Waals surface area contributed by atoms with Crippen LogP contribution in [0.25, 0.3) is 27.7 Å². The molecule has 0 spiro atoms. The number of nitrogens with one attached hydrogen (secondary N) is 1. The zero-order chi connectivity index (χ0) is 18.0. The Kier molecular flexibility index (Phi) is 3.15. The van der Waals surface area contributed by atoms with Crippen LogP contribution < -0.4 is 5.73 Å². The molecule has 0 unspecified atom stereocenters. The lowest BCUT2D eigenvalue weighted by Crippen LogP contribution is -2.10. The third kappa shape index (κ3) is 2.15. The molecule has 130 valence electrons. The number of carbonyl (C=O) groups excluding carboxylic acids is 1. The quantitative estimate of drug-likeness (QED) is 0.530. The van der Waals surface area contributed by atoms with E-state index in [0.717, 1.165) is 22.0 Å². The summed E-state index contributed by atoms with van der Waals surface area (Å²) in [5.74, 6) is -0.786. The van der Waals surface area contributed by atoms with Gasteiger partial charge in [0.05, 0.1) is 10.9 Å². The first kappa shape index (κ1) is 15.4. The minimum atomic E-state index is -1.08. The van der Waals surface area contributed by atoms with Gasteiger partial charge in [-0.15, -0.1) is 0 Å². The average molecular weight is 369 g/mol. The first-order valence-corrected chi connectivity index (χ1v) is 8.64. The van der Waals surface area contributed by atoms with E-state index < -0.39 is 12.1 Å². The number of H-pyrrole nitrogens is 1. The molecule has 5 rings (SSSR count). The molecule has 3 aromatic heterocycles. The van der Waals surface area contributed by atoms with Gasteiger partial charge in [0.2, 0.25) is 0 Å². The number of Topliss-reactive ketones (excluding diaryl/α,β-unsaturated/α-hetero) is 1. The fourth-order valence-electron chi connectivity index (χ4n) is 3.40. The number of fused-ring (bicyclic) bond motifs is 2. The van der Waals surface area contributed by atoms with Crippen LogP contribution in [0.15, 0.2) is 42.7 Å². The number of ketones is 1. The predicted octanol–water partition coefficient (Wildman–Crippen LogP) is 4.26. The number of hydrogen-bond donors (Lipinski definition) is 2. The summed E-state index contributed by atoms with van der Waals surface area (Å²) in [6.07, 6.45) is 2.78. The largest absolute Gasteiger partial charge is 0.382 e. The Bertz CT molecular complexity index is 1200. The number of benzene rings is 1. The van der Waals surface area contributed by atoms with Gasteiger partial charge in [0, 0.05) is 28.9 Å². The van der Waals surface area contributed by atoms with Crippen molar-refractivity contribution in [3.63, 3.8) is 0 Å². The molecule has 0 aliphatic heterocycles. The molecule has 0 bridgehead atoms. The van der Waals surface area contributed by atoms with Gasteiger partial charge in [0.25, 0.3) is 0 Å². The van der Waals surface area contributed by atoms with E-state index in [1.54, 1.807) is 16.7 Å². The van der Waals surface area contributed by atoms with Gasteiger partial charge in [-0.1, -0.05) is 17.7 Å². The molecular formula is C19H14ClFN4O. The highest BCUT2D eigenvalue weighted by Crippen LogP contribution is 2.39. The number of hydrogen-bond acceptors (Lipinski definition) is 3. The molecule has 7 heteroatoms. The number of anilines is 1. The van der Waals surface area contributed by atoms with Crippen molar-refractivity contribution in [1.29, 1.82) is 0 Å². The molecule has 4 aromatic rings. The second kappa shape index (κ2) is 5.32. The van der Waals surface area contributed by atoms with E-state index in [9.17, 15) is 9.18 Å². The van der Waals surface area contributed by atoms with Crippen LogP contribution in [0.3, 0.4) is 0 Å². The fourth-order valence-corrected chi connectivity index (χ4v) is 3.73. The van der Waals surface area contributed by atoms with Gasteiger partial charge in [-0.2, -0.15) is 0 Å². The molecule has 1 fully saturated rings. The number of nitrogens with zero attached hydrogens (tertiary/aromatic N) is 2. The second-order valence-corrected chi connectivity index (χ2v) is 6.96. The number of pyridine rings is 1. The number of aromatic nitrogens is 3. The van der Waals surface area contributed by atoms with Gasteiger partial charge >= 0.3 is 0 Å². The molecule has 0 radical (unpaired) electrons. The van der Waals surface area contributed by atoms with E-state index in [1.807, 2.05) is 30.5 Å². The summed E-state index contributed by atoms with van der Waals surface area (Å²) in [6.45, 7) is 0. The number of nitrogens with two attached hydrogens (primary N) is 1. The summed E-state index contributed by atoms with van der Waals surface area (Å²) < 4.78 is 15.0. The zero-order valence-electron chi connectivity index (χ0n) is 13.5. The van der Waals surface area contributed by atoms with Gasteiger partial charge in [-0.25, -0.2) is 9.37 Å². The van der Waals surface area contributed by atoms with E-state index in [1.165, 1.54) is 0 Å². The van der Waals surface area contributed by atoms with E-state index in [-0.39, 0.29) is 23.7 Å². The minimum absolute atomic E-state index is 0.124. The molecule has 0 saturated heterocycles. The number of nitrogen functional groups attached to an aromatic ring is 1. The van der Waals surface area contributed by atoms with Crippen molar-refractivity contribution < 1.29 is 9.18 Å². The lowest BCUT2D eigenvalue weighted by Gasteiger charge is -2.08. The van der Waals surface area contributed by atoms with Gasteiger partial charge in [0.1, 0.15) is 17.5 Å². The number of aromatic amines is 1. The third-order valence-electron chi connectivity index (χ3n) is 4.91. The molecule has 3 heterocycles. The maximum absolute atomic E-state index is 13.4. The molecule has 3 N–H and O–H groups in total. The van der Waals surface area contributed by atoms with Gasteiger partial charge < -0.3 is 10.7 Å². The van der Waals surface area contributed by atoms with Crippen LogP contribution in [0.5, 0.6) is 0 Å². The van der Waals surface area contributed by atoms with Crippen LogP contribution in [-0.4, -0.2) is 26.3 Å². The van der Waals surface area contributed by atoms with Crippen LogP contribution in [0.2, 0.25) is 5.02 Å². The Morgan fingerprint density at radius 3 is 2.88 bits per heavy atom. The normalized spacial score (nSPS) is 19.3.